The highest BCUT2D eigenvalue weighted by molar-refractivity contribution is 5.89. The van der Waals surface area contributed by atoms with Crippen molar-refractivity contribution in [1.29, 1.82) is 0 Å². The molecule has 0 amide bonds. The number of benzene rings is 10. The smallest absolute Gasteiger partial charge is 0.136 e. The van der Waals surface area contributed by atoms with E-state index in [0.717, 1.165) is 61.6 Å². The molecule has 0 saturated heterocycles. The van der Waals surface area contributed by atoms with Crippen LogP contribution in [0, 0.1) is 0 Å². The van der Waals surface area contributed by atoms with Gasteiger partial charge in [0, 0.05) is 28.0 Å². The molecule has 0 unspecified atom stereocenters. The van der Waals surface area contributed by atoms with Gasteiger partial charge in [0.25, 0.3) is 0 Å². The minimum absolute atomic E-state index is 0.875. The van der Waals surface area contributed by atoms with Gasteiger partial charge in [-0.25, -0.2) is 0 Å². The van der Waals surface area contributed by atoms with Crippen molar-refractivity contribution < 1.29 is 4.42 Å². The van der Waals surface area contributed by atoms with Gasteiger partial charge >= 0.3 is 0 Å². The number of nitrogens with zero attached hydrogens (tertiary/aromatic N) is 1. The third-order valence-corrected chi connectivity index (χ3v) is 12.2. The molecule has 11 rings (SSSR count). The van der Waals surface area contributed by atoms with Crippen LogP contribution in [0.5, 0.6) is 0 Å². The van der Waals surface area contributed by atoms with Crippen LogP contribution in [0.1, 0.15) is 0 Å². The van der Waals surface area contributed by atoms with Crippen molar-refractivity contribution in [3.8, 4) is 78.1 Å². The van der Waals surface area contributed by atoms with E-state index in [0.29, 0.717) is 0 Å². The molecule has 1 heterocycles. The maximum Gasteiger partial charge on any atom is 0.136 e. The number of para-hydroxylation sites is 1. The Morgan fingerprint density at radius 3 is 1.06 bits per heavy atom. The summed E-state index contributed by atoms with van der Waals surface area (Å²) in [5.74, 6) is 0.875. The average Bonchev–Trinajstić information content (AvgIpc) is 3.82. The van der Waals surface area contributed by atoms with E-state index in [4.69, 9.17) is 4.42 Å². The maximum atomic E-state index is 6.29. The second kappa shape index (κ2) is 17.1. The summed E-state index contributed by atoms with van der Waals surface area (Å²) in [4.78, 5) is 2.34. The first kappa shape index (κ1) is 38.5. The first-order chi connectivity index (χ1) is 31.7. The number of hydrogen-bond acceptors (Lipinski definition) is 2. The molecule has 0 fully saturated rings. The van der Waals surface area contributed by atoms with Crippen molar-refractivity contribution in [1.82, 2.24) is 0 Å². The topological polar surface area (TPSA) is 16.4 Å². The SMILES string of the molecule is c1ccc(-c2ccc(-c3ccc(N(c4ccc(-c5ccc(-c6ccccc6-c6cc7ccccc7o6)cc5)cc4)c4ccc(-c5cccc(-c6ccccc6)c5)cc4)cc3)cc2)cc1. The van der Waals surface area contributed by atoms with Crippen LogP contribution < -0.4 is 4.90 Å². The molecular formula is C62H43NO. The lowest BCUT2D eigenvalue weighted by Gasteiger charge is -2.26. The summed E-state index contributed by atoms with van der Waals surface area (Å²) < 4.78 is 6.29. The van der Waals surface area contributed by atoms with E-state index >= 15 is 0 Å². The van der Waals surface area contributed by atoms with Crippen LogP contribution in [-0.4, -0.2) is 0 Å². The second-order valence-corrected chi connectivity index (χ2v) is 16.1. The Hall–Kier alpha value is -8.46. The molecular weight excluding hydrogens is 775 g/mol. The van der Waals surface area contributed by atoms with E-state index in [1.165, 1.54) is 44.5 Å². The molecule has 0 saturated carbocycles. The van der Waals surface area contributed by atoms with Crippen LogP contribution >= 0.6 is 0 Å². The Bertz CT molecular complexity index is 3280. The first-order valence-electron chi connectivity index (χ1n) is 21.8. The highest BCUT2D eigenvalue weighted by atomic mass is 16.3. The van der Waals surface area contributed by atoms with Crippen molar-refractivity contribution in [2.24, 2.45) is 0 Å². The van der Waals surface area contributed by atoms with Gasteiger partial charge in [-0.2, -0.15) is 0 Å². The van der Waals surface area contributed by atoms with E-state index in [1.54, 1.807) is 0 Å². The molecule has 0 aliphatic rings. The van der Waals surface area contributed by atoms with E-state index in [9.17, 15) is 0 Å². The summed E-state index contributed by atoms with van der Waals surface area (Å²) in [5, 5.41) is 1.11. The quantitative estimate of drug-likeness (QED) is 0.137. The van der Waals surface area contributed by atoms with Gasteiger partial charge in [-0.3, -0.25) is 0 Å². The van der Waals surface area contributed by atoms with Crippen LogP contribution in [0.2, 0.25) is 0 Å². The lowest BCUT2D eigenvalue weighted by molar-refractivity contribution is 0.632. The van der Waals surface area contributed by atoms with Crippen molar-refractivity contribution in [2.45, 2.75) is 0 Å². The summed E-state index contributed by atoms with van der Waals surface area (Å²) >= 11 is 0. The molecule has 0 spiro atoms. The number of furan rings is 1. The zero-order valence-electron chi connectivity index (χ0n) is 35.2. The van der Waals surface area contributed by atoms with Gasteiger partial charge in [0.05, 0.1) is 0 Å². The van der Waals surface area contributed by atoms with Crippen molar-refractivity contribution >= 4 is 28.0 Å². The zero-order chi connectivity index (χ0) is 42.7. The van der Waals surface area contributed by atoms with Gasteiger partial charge in [-0.05, 0) is 121 Å². The third-order valence-electron chi connectivity index (χ3n) is 12.2. The molecule has 0 aliphatic carbocycles. The van der Waals surface area contributed by atoms with Gasteiger partial charge in [0.2, 0.25) is 0 Å². The molecule has 2 nitrogen and oxygen atoms in total. The Morgan fingerprint density at radius 2 is 0.578 bits per heavy atom. The molecule has 0 aliphatic heterocycles. The van der Waals surface area contributed by atoms with Crippen LogP contribution in [0.3, 0.4) is 0 Å². The minimum atomic E-state index is 0.875. The molecule has 2 heteroatoms. The molecule has 0 bridgehead atoms. The Balaban J connectivity index is 0.897. The average molecular weight is 818 g/mol. The molecule has 0 radical (unpaired) electrons. The fourth-order valence-corrected chi connectivity index (χ4v) is 8.76. The van der Waals surface area contributed by atoms with E-state index < -0.39 is 0 Å². The highest BCUT2D eigenvalue weighted by Gasteiger charge is 2.16. The normalized spacial score (nSPS) is 11.1. The van der Waals surface area contributed by atoms with Crippen molar-refractivity contribution in [3.63, 3.8) is 0 Å². The van der Waals surface area contributed by atoms with Crippen LogP contribution in [0.4, 0.5) is 17.1 Å². The van der Waals surface area contributed by atoms with E-state index in [2.05, 4.69) is 248 Å². The maximum absolute atomic E-state index is 6.29. The predicted octanol–water partition coefficient (Wildman–Crippen LogP) is 17.6. The van der Waals surface area contributed by atoms with Gasteiger partial charge in [-0.1, -0.05) is 206 Å². The summed E-state index contributed by atoms with van der Waals surface area (Å²) in [6.45, 7) is 0. The summed E-state index contributed by atoms with van der Waals surface area (Å²) in [7, 11) is 0. The fourth-order valence-electron chi connectivity index (χ4n) is 8.76. The molecule has 11 aromatic rings. The number of anilines is 3. The van der Waals surface area contributed by atoms with Crippen molar-refractivity contribution in [2.75, 3.05) is 4.90 Å². The van der Waals surface area contributed by atoms with Crippen LogP contribution in [0.15, 0.2) is 265 Å². The highest BCUT2D eigenvalue weighted by Crippen LogP contribution is 2.40. The lowest BCUT2D eigenvalue weighted by atomic mass is 9.95. The van der Waals surface area contributed by atoms with Gasteiger partial charge in [-0.15, -0.1) is 0 Å². The van der Waals surface area contributed by atoms with Crippen LogP contribution in [-0.2, 0) is 0 Å². The standard InChI is InChI=1S/C62H43NO/c1-3-12-44(13-4-1)46-22-24-47(25-23-46)49-30-36-56(37-31-49)63(58-40-34-51(35-41-58)54-18-11-17-53(42-54)45-14-5-2-6-15-45)57-38-32-50(33-39-57)48-26-28-52(29-27-48)59-19-8-9-20-60(59)62-43-55-16-7-10-21-61(55)64-62/h1-43H. The third kappa shape index (κ3) is 7.81. The zero-order valence-corrected chi connectivity index (χ0v) is 35.2. The Labute approximate surface area is 374 Å². The summed E-state index contributed by atoms with van der Waals surface area (Å²) in [5.41, 5.74) is 19.4. The largest absolute Gasteiger partial charge is 0.456 e. The molecule has 64 heavy (non-hydrogen) atoms. The van der Waals surface area contributed by atoms with Gasteiger partial charge in [0.15, 0.2) is 0 Å². The Kier molecular flexibility index (Phi) is 10.3. The minimum Gasteiger partial charge on any atom is -0.456 e. The van der Waals surface area contributed by atoms with Crippen LogP contribution in [0.25, 0.3) is 89.1 Å². The summed E-state index contributed by atoms with van der Waals surface area (Å²) in [6.07, 6.45) is 0. The number of fused-ring (bicyclic) bond motifs is 1. The van der Waals surface area contributed by atoms with Gasteiger partial charge < -0.3 is 9.32 Å². The molecule has 0 N–H and O–H groups in total. The fraction of sp³-hybridized carbons (Fsp3) is 0. The Morgan fingerprint density at radius 1 is 0.234 bits per heavy atom. The lowest BCUT2D eigenvalue weighted by Crippen LogP contribution is -2.09. The molecule has 10 aromatic carbocycles. The molecule has 1 aromatic heterocycles. The number of hydrogen-bond donors (Lipinski definition) is 0. The number of rotatable bonds is 10. The van der Waals surface area contributed by atoms with Crippen molar-refractivity contribution in [3.05, 3.63) is 261 Å². The monoisotopic (exact) mass is 817 g/mol. The predicted molar refractivity (Wildman–Crippen MR) is 269 cm³/mol. The van der Waals surface area contributed by atoms with E-state index in [1.807, 2.05) is 18.2 Å². The molecule has 302 valence electrons. The van der Waals surface area contributed by atoms with E-state index in [-0.39, 0.29) is 0 Å². The van der Waals surface area contributed by atoms with Gasteiger partial charge in [0.1, 0.15) is 11.3 Å². The first-order valence-corrected chi connectivity index (χ1v) is 21.8. The molecule has 0 atom stereocenters. The second-order valence-electron chi connectivity index (χ2n) is 16.1. The summed E-state index contributed by atoms with van der Waals surface area (Å²) in [6, 6.07) is 93.1.